The van der Waals surface area contributed by atoms with E-state index in [1.54, 1.807) is 47.1 Å². The Morgan fingerprint density at radius 1 is 1.16 bits per heavy atom. The molecule has 194 valence electrons. The number of nitrogens with zero attached hydrogens (tertiary/aromatic N) is 6. The molecule has 4 heterocycles. The fourth-order valence-electron chi connectivity index (χ4n) is 5.30. The van der Waals surface area contributed by atoms with Gasteiger partial charge in [0.05, 0.1) is 17.3 Å². The summed E-state index contributed by atoms with van der Waals surface area (Å²) in [7, 11) is 0. The molecular formula is C27H26BrN7O3. The Bertz CT molecular complexity index is 1550. The monoisotopic (exact) mass is 575 g/mol. The van der Waals surface area contributed by atoms with Crippen LogP contribution in [-0.2, 0) is 16.1 Å². The highest BCUT2D eigenvalue weighted by Gasteiger charge is 2.56. The molecule has 10 nitrogen and oxygen atoms in total. The molecule has 1 saturated heterocycles. The summed E-state index contributed by atoms with van der Waals surface area (Å²) in [6.07, 6.45) is 4.23. The second-order valence-corrected chi connectivity index (χ2v) is 10.7. The van der Waals surface area contributed by atoms with E-state index in [0.717, 1.165) is 28.5 Å². The molecule has 4 atom stereocenters. The number of hydrogen-bond acceptors (Lipinski definition) is 7. The standard InChI is InChI=1S/C27H26BrN7O3/c1-14(36)26-19-8-16(18-11-29-15(2)30-12-18)6-7-20(19)34(33-26)13-25(37)35-21-9-17(21)10-22(35)27(38)32-24-5-3-4-23(28)31-24/h3-8,11-12,14,17,21-22,36H,9-10,13H2,1-2H3,(H,31,32,38)/t14?,17-,21-,22+/m1/s1. The summed E-state index contributed by atoms with van der Waals surface area (Å²) in [5.41, 5.74) is 2.97. The maximum atomic E-state index is 13.6. The summed E-state index contributed by atoms with van der Waals surface area (Å²) in [4.78, 5) is 41.3. The van der Waals surface area contributed by atoms with E-state index in [-0.39, 0.29) is 24.4 Å². The fraction of sp³-hybridized carbons (Fsp3) is 0.333. The molecule has 0 radical (unpaired) electrons. The lowest BCUT2D eigenvalue weighted by Gasteiger charge is -2.26. The maximum Gasteiger partial charge on any atom is 0.248 e. The van der Waals surface area contributed by atoms with Crippen LogP contribution in [0.3, 0.4) is 0 Å². The number of amides is 2. The van der Waals surface area contributed by atoms with Gasteiger partial charge in [0.1, 0.15) is 28.8 Å². The number of fused-ring (bicyclic) bond motifs is 2. The Hall–Kier alpha value is -3.70. The first-order chi connectivity index (χ1) is 18.3. The van der Waals surface area contributed by atoms with Gasteiger partial charge >= 0.3 is 0 Å². The molecule has 0 spiro atoms. The third kappa shape index (κ3) is 4.56. The molecule has 11 heteroatoms. The van der Waals surface area contributed by atoms with E-state index < -0.39 is 12.1 Å². The Morgan fingerprint density at radius 3 is 2.68 bits per heavy atom. The first kappa shape index (κ1) is 24.6. The largest absolute Gasteiger partial charge is 0.387 e. The number of aryl methyl sites for hydroxylation is 1. The molecule has 1 unspecified atom stereocenters. The van der Waals surface area contributed by atoms with Crippen molar-refractivity contribution in [2.24, 2.45) is 5.92 Å². The third-order valence-corrected chi connectivity index (χ3v) is 7.68. The molecule has 2 aliphatic rings. The lowest BCUT2D eigenvalue weighted by Crippen LogP contribution is -2.46. The molecular weight excluding hydrogens is 550 g/mol. The van der Waals surface area contributed by atoms with E-state index in [2.05, 4.69) is 41.3 Å². The van der Waals surface area contributed by atoms with Crippen LogP contribution in [-0.4, -0.2) is 58.6 Å². The zero-order valence-electron chi connectivity index (χ0n) is 20.9. The zero-order valence-corrected chi connectivity index (χ0v) is 22.5. The van der Waals surface area contributed by atoms with Crippen LogP contribution in [0.2, 0.25) is 0 Å². The smallest absolute Gasteiger partial charge is 0.248 e. The van der Waals surface area contributed by atoms with Gasteiger partial charge in [0.2, 0.25) is 11.8 Å². The van der Waals surface area contributed by atoms with Gasteiger partial charge in [0.15, 0.2) is 0 Å². The average molecular weight is 576 g/mol. The zero-order chi connectivity index (χ0) is 26.6. The van der Waals surface area contributed by atoms with Crippen LogP contribution >= 0.6 is 15.9 Å². The summed E-state index contributed by atoms with van der Waals surface area (Å²) in [5.74, 6) is 1.05. The van der Waals surface area contributed by atoms with Gasteiger partial charge < -0.3 is 15.3 Å². The predicted octanol–water partition coefficient (Wildman–Crippen LogP) is 3.64. The van der Waals surface area contributed by atoms with Crippen molar-refractivity contribution in [3.8, 4) is 11.1 Å². The number of nitrogens with one attached hydrogen (secondary N) is 1. The number of carbonyl (C=O) groups is 2. The second-order valence-electron chi connectivity index (χ2n) is 9.92. The minimum Gasteiger partial charge on any atom is -0.387 e. The Morgan fingerprint density at radius 2 is 1.95 bits per heavy atom. The van der Waals surface area contributed by atoms with Gasteiger partial charge in [-0.1, -0.05) is 12.1 Å². The van der Waals surface area contributed by atoms with Crippen LogP contribution in [0, 0.1) is 12.8 Å². The van der Waals surface area contributed by atoms with E-state index in [9.17, 15) is 14.7 Å². The van der Waals surface area contributed by atoms with Gasteiger partial charge in [-0.2, -0.15) is 5.10 Å². The number of aromatic nitrogens is 5. The minimum atomic E-state index is -0.825. The van der Waals surface area contributed by atoms with Crippen molar-refractivity contribution in [2.45, 2.75) is 51.4 Å². The third-order valence-electron chi connectivity index (χ3n) is 7.24. The minimum absolute atomic E-state index is 0.0294. The molecule has 1 aromatic carbocycles. The number of hydrogen-bond donors (Lipinski definition) is 2. The molecule has 3 aromatic heterocycles. The molecule has 2 amide bonds. The molecule has 1 saturated carbocycles. The summed E-state index contributed by atoms with van der Waals surface area (Å²) in [6.45, 7) is 3.45. The van der Waals surface area contributed by atoms with Gasteiger partial charge in [-0.05, 0) is 78.4 Å². The summed E-state index contributed by atoms with van der Waals surface area (Å²) < 4.78 is 2.24. The summed E-state index contributed by atoms with van der Waals surface area (Å²) in [5, 5.41) is 18.7. The number of anilines is 1. The topological polar surface area (TPSA) is 126 Å². The van der Waals surface area contributed by atoms with Crippen LogP contribution in [0.25, 0.3) is 22.0 Å². The highest BCUT2D eigenvalue weighted by molar-refractivity contribution is 9.10. The van der Waals surface area contributed by atoms with Crippen LogP contribution in [0.1, 0.15) is 37.4 Å². The number of halogens is 1. The van der Waals surface area contributed by atoms with Crippen LogP contribution < -0.4 is 5.32 Å². The predicted molar refractivity (Wildman–Crippen MR) is 144 cm³/mol. The van der Waals surface area contributed by atoms with E-state index in [1.807, 2.05) is 25.1 Å². The Kier molecular flexibility index (Phi) is 6.19. The normalized spacial score (nSPS) is 20.8. The van der Waals surface area contributed by atoms with Gasteiger partial charge in [0.25, 0.3) is 0 Å². The average Bonchev–Trinajstić information content (AvgIpc) is 3.39. The Labute approximate surface area is 227 Å². The maximum absolute atomic E-state index is 13.6. The van der Waals surface area contributed by atoms with Crippen molar-refractivity contribution in [1.29, 1.82) is 0 Å². The van der Waals surface area contributed by atoms with Crippen molar-refractivity contribution < 1.29 is 14.7 Å². The number of piperidine rings is 1. The van der Waals surface area contributed by atoms with Gasteiger partial charge in [0, 0.05) is 29.4 Å². The second kappa shape index (κ2) is 9.55. The van der Waals surface area contributed by atoms with E-state index >= 15 is 0 Å². The molecule has 6 rings (SSSR count). The lowest BCUT2D eigenvalue weighted by atomic mass is 10.0. The number of carbonyl (C=O) groups excluding carboxylic acids is 2. The highest BCUT2D eigenvalue weighted by atomic mass is 79.9. The lowest BCUT2D eigenvalue weighted by molar-refractivity contribution is -0.138. The molecule has 4 aromatic rings. The molecule has 2 fully saturated rings. The van der Waals surface area contributed by atoms with Crippen molar-refractivity contribution in [3.63, 3.8) is 0 Å². The Balaban J connectivity index is 1.26. The number of rotatable bonds is 6. The molecule has 0 bridgehead atoms. The number of aliphatic hydroxyl groups excluding tert-OH is 1. The van der Waals surface area contributed by atoms with Gasteiger partial charge in [-0.15, -0.1) is 0 Å². The van der Waals surface area contributed by atoms with E-state index in [0.29, 0.717) is 34.3 Å². The first-order valence-corrected chi connectivity index (χ1v) is 13.3. The number of benzene rings is 1. The molecule has 1 aliphatic heterocycles. The van der Waals surface area contributed by atoms with Gasteiger partial charge in [-0.25, -0.2) is 15.0 Å². The van der Waals surface area contributed by atoms with Crippen molar-refractivity contribution in [3.05, 3.63) is 64.9 Å². The van der Waals surface area contributed by atoms with Crippen molar-refractivity contribution in [2.75, 3.05) is 5.32 Å². The molecule has 2 N–H and O–H groups in total. The molecule has 38 heavy (non-hydrogen) atoms. The number of likely N-dealkylation sites (tertiary alicyclic amines) is 1. The van der Waals surface area contributed by atoms with Crippen LogP contribution in [0.4, 0.5) is 5.82 Å². The van der Waals surface area contributed by atoms with Crippen LogP contribution in [0.5, 0.6) is 0 Å². The number of pyridine rings is 1. The first-order valence-electron chi connectivity index (χ1n) is 12.5. The van der Waals surface area contributed by atoms with E-state index in [1.165, 1.54) is 0 Å². The van der Waals surface area contributed by atoms with Crippen LogP contribution in [0.15, 0.2) is 53.4 Å². The van der Waals surface area contributed by atoms with E-state index in [4.69, 9.17) is 0 Å². The highest BCUT2D eigenvalue weighted by Crippen LogP contribution is 2.48. The summed E-state index contributed by atoms with van der Waals surface area (Å²) >= 11 is 3.32. The number of aliphatic hydroxyl groups is 1. The van der Waals surface area contributed by atoms with Gasteiger partial charge in [-0.3, -0.25) is 14.3 Å². The quantitative estimate of drug-likeness (QED) is 0.336. The molecule has 1 aliphatic carbocycles. The van der Waals surface area contributed by atoms with Crippen molar-refractivity contribution >= 4 is 44.5 Å². The fourth-order valence-corrected chi connectivity index (χ4v) is 5.64. The van der Waals surface area contributed by atoms with Crippen molar-refractivity contribution in [1.82, 2.24) is 29.6 Å². The SMILES string of the molecule is Cc1ncc(-c2ccc3c(c2)c(C(C)O)nn3CC(=O)N2[C@@H]3C[C@@H]3C[C@H]2C(=O)Nc2cccc(Br)n2)cn1. The summed E-state index contributed by atoms with van der Waals surface area (Å²) in [6, 6.07) is 10.6.